The second kappa shape index (κ2) is 5.44. The normalized spacial score (nSPS) is 18.1. The average Bonchev–Trinajstić information content (AvgIpc) is 2.49. The van der Waals surface area contributed by atoms with E-state index in [1.165, 1.54) is 6.20 Å². The van der Waals surface area contributed by atoms with Gasteiger partial charge in [-0.3, -0.25) is 24.7 Å². The number of piperidine rings is 1. The molecule has 0 aliphatic carbocycles. The fourth-order valence-corrected chi connectivity index (χ4v) is 2.43. The number of anilines is 1. The van der Waals surface area contributed by atoms with Gasteiger partial charge in [0.15, 0.2) is 0 Å². The van der Waals surface area contributed by atoms with Crippen molar-refractivity contribution in [1.82, 2.24) is 15.6 Å². The van der Waals surface area contributed by atoms with E-state index in [9.17, 15) is 14.4 Å². The number of nitrogens with two attached hydrogens (primary N) is 1. The van der Waals surface area contributed by atoms with Crippen LogP contribution in [0.4, 0.5) is 5.69 Å². The van der Waals surface area contributed by atoms with Crippen LogP contribution in [-0.2, 0) is 9.59 Å². The second-order valence-electron chi connectivity index (χ2n) is 5.12. The molecule has 0 saturated carbocycles. The number of carbonyl (C=O) groups excluding carboxylic acids is 3. The Bertz CT molecular complexity index is 787. The lowest BCUT2D eigenvalue weighted by Gasteiger charge is -2.22. The predicted octanol–water partition coefficient (Wildman–Crippen LogP) is 0.352. The Hall–Kier alpha value is -2.96. The molecule has 1 aliphatic heterocycles. The standard InChI is InChI=1S/C15H14N4O3/c16-9-6-8-2-1-3-10(13(8)17-7-9)14(21)18-11-4-5-12(20)19-15(11)22/h1-3,6-7,11H,4-5,16H2,(H,18,21)(H,19,20,22). The van der Waals surface area contributed by atoms with Crippen LogP contribution in [0, 0.1) is 0 Å². The van der Waals surface area contributed by atoms with Crippen molar-refractivity contribution >= 4 is 34.3 Å². The Morgan fingerprint density at radius 3 is 2.95 bits per heavy atom. The minimum Gasteiger partial charge on any atom is -0.397 e. The number of nitrogens with one attached hydrogen (secondary N) is 2. The van der Waals surface area contributed by atoms with Crippen LogP contribution in [0.2, 0.25) is 0 Å². The lowest BCUT2D eigenvalue weighted by molar-refractivity contribution is -0.134. The van der Waals surface area contributed by atoms with E-state index in [4.69, 9.17) is 5.73 Å². The van der Waals surface area contributed by atoms with Gasteiger partial charge in [-0.05, 0) is 18.6 Å². The summed E-state index contributed by atoms with van der Waals surface area (Å²) in [4.78, 5) is 39.4. The van der Waals surface area contributed by atoms with E-state index >= 15 is 0 Å². The van der Waals surface area contributed by atoms with Gasteiger partial charge in [-0.15, -0.1) is 0 Å². The minimum atomic E-state index is -0.714. The maximum absolute atomic E-state index is 12.4. The third-order valence-electron chi connectivity index (χ3n) is 3.52. The van der Waals surface area contributed by atoms with Crippen molar-refractivity contribution in [3.63, 3.8) is 0 Å². The highest BCUT2D eigenvalue weighted by atomic mass is 16.2. The summed E-state index contributed by atoms with van der Waals surface area (Å²) in [7, 11) is 0. The first-order valence-corrected chi connectivity index (χ1v) is 6.83. The van der Waals surface area contributed by atoms with Gasteiger partial charge in [0, 0.05) is 11.8 Å². The van der Waals surface area contributed by atoms with Crippen molar-refractivity contribution in [2.24, 2.45) is 0 Å². The Labute approximate surface area is 125 Å². The van der Waals surface area contributed by atoms with Gasteiger partial charge in [-0.2, -0.15) is 0 Å². The number of imide groups is 1. The van der Waals surface area contributed by atoms with Gasteiger partial charge >= 0.3 is 0 Å². The van der Waals surface area contributed by atoms with E-state index < -0.39 is 17.9 Å². The number of amides is 3. The quantitative estimate of drug-likeness (QED) is 0.692. The number of fused-ring (bicyclic) bond motifs is 1. The van der Waals surface area contributed by atoms with Crippen molar-refractivity contribution in [3.05, 3.63) is 36.0 Å². The first-order chi connectivity index (χ1) is 10.5. The number of pyridine rings is 1. The van der Waals surface area contributed by atoms with Crippen molar-refractivity contribution in [2.45, 2.75) is 18.9 Å². The molecule has 1 aromatic heterocycles. The summed E-state index contributed by atoms with van der Waals surface area (Å²) in [5.41, 5.74) is 7.07. The SMILES string of the molecule is Nc1cnc2c(C(=O)NC3CCC(=O)NC3=O)cccc2c1. The zero-order valence-corrected chi connectivity index (χ0v) is 11.6. The maximum Gasteiger partial charge on any atom is 0.254 e. The third-order valence-corrected chi connectivity index (χ3v) is 3.52. The molecule has 1 saturated heterocycles. The van der Waals surface area contributed by atoms with E-state index in [0.717, 1.165) is 5.39 Å². The van der Waals surface area contributed by atoms with Crippen LogP contribution in [0.1, 0.15) is 23.2 Å². The number of carbonyl (C=O) groups is 3. The Balaban J connectivity index is 1.86. The van der Waals surface area contributed by atoms with Crippen LogP contribution < -0.4 is 16.4 Å². The van der Waals surface area contributed by atoms with Gasteiger partial charge in [-0.25, -0.2) is 0 Å². The van der Waals surface area contributed by atoms with Gasteiger partial charge in [0.1, 0.15) is 6.04 Å². The fraction of sp³-hybridized carbons (Fsp3) is 0.200. The molecule has 0 bridgehead atoms. The molecule has 3 rings (SSSR count). The molecule has 7 heteroatoms. The summed E-state index contributed by atoms with van der Waals surface area (Å²) >= 11 is 0. The lowest BCUT2D eigenvalue weighted by atomic mass is 10.0. The van der Waals surface area contributed by atoms with Gasteiger partial charge in [0.2, 0.25) is 11.8 Å². The minimum absolute atomic E-state index is 0.209. The highest BCUT2D eigenvalue weighted by Crippen LogP contribution is 2.19. The number of nitrogens with zero attached hydrogens (tertiary/aromatic N) is 1. The van der Waals surface area contributed by atoms with Crippen molar-refractivity contribution < 1.29 is 14.4 Å². The van der Waals surface area contributed by atoms with Gasteiger partial charge in [0.25, 0.3) is 5.91 Å². The Morgan fingerprint density at radius 2 is 2.18 bits per heavy atom. The van der Waals surface area contributed by atoms with E-state index in [1.54, 1.807) is 18.2 Å². The lowest BCUT2D eigenvalue weighted by Crippen LogP contribution is -2.52. The average molecular weight is 298 g/mol. The first kappa shape index (κ1) is 14.0. The molecule has 0 radical (unpaired) electrons. The number of benzene rings is 1. The number of hydrogen-bond acceptors (Lipinski definition) is 5. The summed E-state index contributed by atoms with van der Waals surface area (Å²) in [5, 5.41) is 5.59. The second-order valence-corrected chi connectivity index (χ2v) is 5.12. The topological polar surface area (TPSA) is 114 Å². The molecule has 4 N–H and O–H groups in total. The molecule has 22 heavy (non-hydrogen) atoms. The highest BCUT2D eigenvalue weighted by Gasteiger charge is 2.28. The number of hydrogen-bond donors (Lipinski definition) is 3. The third kappa shape index (κ3) is 2.60. The first-order valence-electron chi connectivity index (χ1n) is 6.83. The smallest absolute Gasteiger partial charge is 0.254 e. The van der Waals surface area contributed by atoms with Crippen molar-refractivity contribution in [2.75, 3.05) is 5.73 Å². The van der Waals surface area contributed by atoms with Crippen LogP contribution >= 0.6 is 0 Å². The molecule has 112 valence electrons. The van der Waals surface area contributed by atoms with E-state index in [-0.39, 0.29) is 12.3 Å². The van der Waals surface area contributed by atoms with Gasteiger partial charge in [-0.1, -0.05) is 12.1 Å². The molecule has 3 amide bonds. The van der Waals surface area contributed by atoms with Crippen LogP contribution in [0.25, 0.3) is 10.9 Å². The molecule has 1 fully saturated rings. The largest absolute Gasteiger partial charge is 0.397 e. The van der Waals surface area contributed by atoms with Crippen LogP contribution in [0.5, 0.6) is 0 Å². The van der Waals surface area contributed by atoms with Gasteiger partial charge in [0.05, 0.1) is 23.0 Å². The molecule has 1 aliphatic rings. The van der Waals surface area contributed by atoms with Crippen molar-refractivity contribution in [3.8, 4) is 0 Å². The highest BCUT2D eigenvalue weighted by molar-refractivity contribution is 6.08. The van der Waals surface area contributed by atoms with Crippen LogP contribution in [-0.4, -0.2) is 28.7 Å². The monoisotopic (exact) mass is 298 g/mol. The number of aromatic nitrogens is 1. The summed E-state index contributed by atoms with van der Waals surface area (Å²) in [6, 6.07) is 6.18. The molecule has 2 aromatic rings. The zero-order valence-electron chi connectivity index (χ0n) is 11.6. The Kier molecular flexibility index (Phi) is 3.46. The molecular formula is C15H14N4O3. The van der Waals surface area contributed by atoms with E-state index in [2.05, 4.69) is 15.6 Å². The molecule has 7 nitrogen and oxygen atoms in total. The summed E-state index contributed by atoms with van der Waals surface area (Å²) < 4.78 is 0. The molecule has 1 aromatic carbocycles. The molecule has 2 heterocycles. The van der Waals surface area contributed by atoms with E-state index in [1.807, 2.05) is 6.07 Å². The maximum atomic E-state index is 12.4. The fourth-order valence-electron chi connectivity index (χ4n) is 2.43. The number of rotatable bonds is 2. The molecule has 1 unspecified atom stereocenters. The number of nitrogen functional groups attached to an aromatic ring is 1. The predicted molar refractivity (Wildman–Crippen MR) is 79.8 cm³/mol. The summed E-state index contributed by atoms with van der Waals surface area (Å²) in [6.07, 6.45) is 1.98. The summed E-state index contributed by atoms with van der Waals surface area (Å²) in [5.74, 6) is -1.21. The van der Waals surface area contributed by atoms with Gasteiger partial charge < -0.3 is 11.1 Å². The van der Waals surface area contributed by atoms with Crippen molar-refractivity contribution in [1.29, 1.82) is 0 Å². The van der Waals surface area contributed by atoms with Crippen LogP contribution in [0.15, 0.2) is 30.5 Å². The zero-order chi connectivity index (χ0) is 15.7. The molecule has 0 spiro atoms. The summed E-state index contributed by atoms with van der Waals surface area (Å²) in [6.45, 7) is 0. The van der Waals surface area contributed by atoms with Crippen LogP contribution in [0.3, 0.4) is 0 Å². The Morgan fingerprint density at radius 1 is 1.36 bits per heavy atom. The number of para-hydroxylation sites is 1. The molecular weight excluding hydrogens is 284 g/mol. The van der Waals surface area contributed by atoms with E-state index in [0.29, 0.717) is 23.2 Å². The molecule has 1 atom stereocenters.